The number of nitrogens with one attached hydrogen (secondary N) is 2. The van der Waals surface area contributed by atoms with Gasteiger partial charge in [0.2, 0.25) is 0 Å². The Morgan fingerprint density at radius 3 is 2.63 bits per heavy atom. The fourth-order valence-electron chi connectivity index (χ4n) is 3.02. The van der Waals surface area contributed by atoms with Crippen LogP contribution in [0.3, 0.4) is 0 Å². The molecule has 27 heavy (non-hydrogen) atoms. The third kappa shape index (κ3) is 3.82. The Hall–Kier alpha value is -3.60. The number of carbonyl (C=O) groups is 2. The second-order valence-electron chi connectivity index (χ2n) is 6.32. The standard InChI is InChI=1S/C22H18N2O3/c25-21-14-27-20-13-17(10-11-19(20)23-21)22(26)24-18-9-5-4-8-16(18)12-15-6-2-1-3-7-15/h1-11,13H,12,14H2,(H,23,25)(H,24,26). The predicted octanol–water partition coefficient (Wildman–Crippen LogP) is 3.86. The van der Waals surface area contributed by atoms with E-state index in [1.807, 2.05) is 42.5 Å². The quantitative estimate of drug-likeness (QED) is 0.744. The molecule has 5 heteroatoms. The van der Waals surface area contributed by atoms with Crippen molar-refractivity contribution < 1.29 is 14.3 Å². The molecule has 0 aliphatic carbocycles. The summed E-state index contributed by atoms with van der Waals surface area (Å²) in [5.41, 5.74) is 4.04. The van der Waals surface area contributed by atoms with E-state index in [0.717, 1.165) is 17.7 Å². The highest BCUT2D eigenvalue weighted by Gasteiger charge is 2.18. The maximum absolute atomic E-state index is 12.7. The first-order valence-corrected chi connectivity index (χ1v) is 8.69. The summed E-state index contributed by atoms with van der Waals surface area (Å²) in [4.78, 5) is 24.1. The lowest BCUT2D eigenvalue weighted by Gasteiger charge is -2.18. The largest absolute Gasteiger partial charge is 0.482 e. The highest BCUT2D eigenvalue weighted by atomic mass is 16.5. The van der Waals surface area contributed by atoms with E-state index >= 15 is 0 Å². The van der Waals surface area contributed by atoms with Crippen molar-refractivity contribution >= 4 is 23.2 Å². The Morgan fingerprint density at radius 2 is 1.78 bits per heavy atom. The molecular weight excluding hydrogens is 340 g/mol. The molecule has 1 aliphatic rings. The van der Waals surface area contributed by atoms with Crippen LogP contribution in [0, 0.1) is 0 Å². The third-order valence-electron chi connectivity index (χ3n) is 4.38. The van der Waals surface area contributed by atoms with Crippen LogP contribution in [0.15, 0.2) is 72.8 Å². The summed E-state index contributed by atoms with van der Waals surface area (Å²) in [5.74, 6) is 0.0770. The van der Waals surface area contributed by atoms with Gasteiger partial charge in [-0.05, 0) is 41.8 Å². The van der Waals surface area contributed by atoms with Crippen LogP contribution in [0.5, 0.6) is 5.75 Å². The van der Waals surface area contributed by atoms with Gasteiger partial charge in [-0.1, -0.05) is 48.5 Å². The number of hydrogen-bond acceptors (Lipinski definition) is 3. The Morgan fingerprint density at radius 1 is 1.00 bits per heavy atom. The van der Waals surface area contributed by atoms with Crippen LogP contribution < -0.4 is 15.4 Å². The van der Waals surface area contributed by atoms with Crippen LogP contribution in [-0.4, -0.2) is 18.4 Å². The molecule has 1 aliphatic heterocycles. The van der Waals surface area contributed by atoms with Crippen LogP contribution in [-0.2, 0) is 11.2 Å². The minimum atomic E-state index is -0.223. The lowest BCUT2D eigenvalue weighted by Crippen LogP contribution is -2.25. The topological polar surface area (TPSA) is 67.4 Å². The number of anilines is 2. The molecule has 3 aromatic rings. The van der Waals surface area contributed by atoms with Crippen LogP contribution >= 0.6 is 0 Å². The third-order valence-corrected chi connectivity index (χ3v) is 4.38. The van der Waals surface area contributed by atoms with Crippen molar-refractivity contribution in [2.45, 2.75) is 6.42 Å². The number of rotatable bonds is 4. The lowest BCUT2D eigenvalue weighted by molar-refractivity contribution is -0.118. The molecule has 0 unspecified atom stereocenters. The number of para-hydroxylation sites is 1. The van der Waals surface area contributed by atoms with E-state index in [4.69, 9.17) is 4.74 Å². The van der Waals surface area contributed by atoms with Gasteiger partial charge in [0.25, 0.3) is 11.8 Å². The number of carbonyl (C=O) groups excluding carboxylic acids is 2. The Labute approximate surface area is 157 Å². The number of benzene rings is 3. The van der Waals surface area contributed by atoms with Crippen molar-refractivity contribution in [1.82, 2.24) is 0 Å². The van der Waals surface area contributed by atoms with E-state index in [1.54, 1.807) is 18.2 Å². The van der Waals surface area contributed by atoms with Crippen molar-refractivity contribution in [3.8, 4) is 5.75 Å². The Kier molecular flexibility index (Phi) is 4.58. The van der Waals surface area contributed by atoms with E-state index in [1.165, 1.54) is 5.56 Å². The second-order valence-corrected chi connectivity index (χ2v) is 6.32. The van der Waals surface area contributed by atoms with E-state index in [9.17, 15) is 9.59 Å². The fourth-order valence-corrected chi connectivity index (χ4v) is 3.02. The van der Waals surface area contributed by atoms with Gasteiger partial charge in [0.1, 0.15) is 5.75 Å². The normalized spacial score (nSPS) is 12.5. The minimum absolute atomic E-state index is 0.0437. The van der Waals surface area contributed by atoms with Crippen LogP contribution in [0.25, 0.3) is 0 Å². The SMILES string of the molecule is O=C1COc2cc(C(=O)Nc3ccccc3Cc3ccccc3)ccc2N1. The first-order chi connectivity index (χ1) is 13.2. The maximum atomic E-state index is 12.7. The van der Waals surface area contributed by atoms with Gasteiger partial charge in [0.15, 0.2) is 6.61 Å². The zero-order chi connectivity index (χ0) is 18.6. The van der Waals surface area contributed by atoms with E-state index in [0.29, 0.717) is 17.0 Å². The summed E-state index contributed by atoms with van der Waals surface area (Å²) in [6.07, 6.45) is 0.733. The fraction of sp³-hybridized carbons (Fsp3) is 0.0909. The predicted molar refractivity (Wildman–Crippen MR) is 104 cm³/mol. The molecule has 0 aromatic heterocycles. The molecule has 4 rings (SSSR count). The molecular formula is C22H18N2O3. The lowest BCUT2D eigenvalue weighted by atomic mass is 10.0. The molecule has 2 amide bonds. The molecule has 2 N–H and O–H groups in total. The summed E-state index contributed by atoms with van der Waals surface area (Å²) < 4.78 is 5.39. The summed E-state index contributed by atoms with van der Waals surface area (Å²) >= 11 is 0. The molecule has 0 fully saturated rings. The van der Waals surface area contributed by atoms with Gasteiger partial charge in [-0.3, -0.25) is 9.59 Å². The highest BCUT2D eigenvalue weighted by Crippen LogP contribution is 2.29. The zero-order valence-electron chi connectivity index (χ0n) is 14.6. The second kappa shape index (κ2) is 7.33. The van der Waals surface area contributed by atoms with Gasteiger partial charge in [0.05, 0.1) is 5.69 Å². The molecule has 5 nitrogen and oxygen atoms in total. The first kappa shape index (κ1) is 16.8. The summed E-state index contributed by atoms with van der Waals surface area (Å²) in [6, 6.07) is 22.9. The van der Waals surface area contributed by atoms with Crippen LogP contribution in [0.1, 0.15) is 21.5 Å². The van der Waals surface area contributed by atoms with Gasteiger partial charge in [-0.2, -0.15) is 0 Å². The zero-order valence-corrected chi connectivity index (χ0v) is 14.6. The summed E-state index contributed by atoms with van der Waals surface area (Å²) in [6.45, 7) is -0.0437. The molecule has 0 bridgehead atoms. The Balaban J connectivity index is 1.54. The minimum Gasteiger partial charge on any atom is -0.482 e. The van der Waals surface area contributed by atoms with E-state index < -0.39 is 0 Å². The van der Waals surface area contributed by atoms with Crippen molar-refractivity contribution in [3.63, 3.8) is 0 Å². The van der Waals surface area contributed by atoms with Gasteiger partial charge in [0, 0.05) is 11.3 Å². The smallest absolute Gasteiger partial charge is 0.262 e. The number of hydrogen-bond donors (Lipinski definition) is 2. The molecule has 0 saturated heterocycles. The van der Waals surface area contributed by atoms with Gasteiger partial charge >= 0.3 is 0 Å². The number of amides is 2. The van der Waals surface area contributed by atoms with Gasteiger partial charge in [-0.25, -0.2) is 0 Å². The van der Waals surface area contributed by atoms with Crippen molar-refractivity contribution in [3.05, 3.63) is 89.5 Å². The van der Waals surface area contributed by atoms with E-state index in [-0.39, 0.29) is 18.4 Å². The molecule has 0 radical (unpaired) electrons. The summed E-state index contributed by atoms with van der Waals surface area (Å²) in [7, 11) is 0. The van der Waals surface area contributed by atoms with Crippen molar-refractivity contribution in [1.29, 1.82) is 0 Å². The highest BCUT2D eigenvalue weighted by molar-refractivity contribution is 6.06. The molecule has 0 spiro atoms. The monoisotopic (exact) mass is 358 g/mol. The molecule has 0 saturated carbocycles. The number of ether oxygens (including phenoxy) is 1. The molecule has 134 valence electrons. The molecule has 0 atom stereocenters. The number of fused-ring (bicyclic) bond motifs is 1. The van der Waals surface area contributed by atoms with E-state index in [2.05, 4.69) is 22.8 Å². The molecule has 1 heterocycles. The Bertz CT molecular complexity index is 999. The molecule has 3 aromatic carbocycles. The van der Waals surface area contributed by atoms with Crippen molar-refractivity contribution in [2.24, 2.45) is 0 Å². The average molecular weight is 358 g/mol. The van der Waals surface area contributed by atoms with Crippen LogP contribution in [0.4, 0.5) is 11.4 Å². The van der Waals surface area contributed by atoms with Gasteiger partial charge in [-0.15, -0.1) is 0 Å². The summed E-state index contributed by atoms with van der Waals surface area (Å²) in [5, 5.41) is 5.70. The van der Waals surface area contributed by atoms with Gasteiger partial charge < -0.3 is 15.4 Å². The first-order valence-electron chi connectivity index (χ1n) is 8.69. The maximum Gasteiger partial charge on any atom is 0.262 e. The van der Waals surface area contributed by atoms with Crippen molar-refractivity contribution in [2.75, 3.05) is 17.2 Å². The average Bonchev–Trinajstić information content (AvgIpc) is 2.70. The van der Waals surface area contributed by atoms with Crippen LogP contribution in [0.2, 0.25) is 0 Å².